The van der Waals surface area contributed by atoms with E-state index >= 15 is 0 Å². The molecule has 6 nitrogen and oxygen atoms in total. The molecule has 0 amide bonds. The van der Waals surface area contributed by atoms with Gasteiger partial charge in [-0.1, -0.05) is 0 Å². The second-order valence-electron chi connectivity index (χ2n) is 5.70. The lowest BCUT2D eigenvalue weighted by Gasteiger charge is -2.36. The van der Waals surface area contributed by atoms with Gasteiger partial charge in [-0.25, -0.2) is 9.37 Å². The van der Waals surface area contributed by atoms with E-state index in [2.05, 4.69) is 20.1 Å². The van der Waals surface area contributed by atoms with E-state index in [0.29, 0.717) is 25.3 Å². The van der Waals surface area contributed by atoms with E-state index in [1.54, 1.807) is 12.3 Å². The summed E-state index contributed by atoms with van der Waals surface area (Å²) in [6.45, 7) is 6.39. The molecule has 0 aromatic carbocycles. The molecule has 3 heterocycles. The Kier molecular flexibility index (Phi) is 4.58. The van der Waals surface area contributed by atoms with Crippen LogP contribution in [0.15, 0.2) is 12.3 Å². The first-order valence-corrected chi connectivity index (χ1v) is 7.62. The molecule has 0 spiro atoms. The van der Waals surface area contributed by atoms with Gasteiger partial charge in [-0.15, -0.1) is 0 Å². The number of morpholine rings is 1. The number of H-pyrrole nitrogens is 1. The van der Waals surface area contributed by atoms with E-state index in [0.717, 1.165) is 23.5 Å². The van der Waals surface area contributed by atoms with Crippen molar-refractivity contribution in [2.24, 2.45) is 0 Å². The monoisotopic (exact) mass is 320 g/mol. The van der Waals surface area contributed by atoms with Crippen LogP contribution >= 0.6 is 0 Å². The lowest BCUT2D eigenvalue weighted by Crippen LogP contribution is -2.39. The summed E-state index contributed by atoms with van der Waals surface area (Å²) in [4.78, 5) is 6.11. The van der Waals surface area contributed by atoms with E-state index in [9.17, 15) is 4.39 Å². The molecule has 124 valence electrons. The minimum atomic E-state index is -0.402. The molecule has 1 unspecified atom stereocenters. The van der Waals surface area contributed by atoms with Gasteiger partial charge in [-0.2, -0.15) is 5.10 Å². The molecule has 1 saturated heterocycles. The number of aromatic amines is 1. The summed E-state index contributed by atoms with van der Waals surface area (Å²) < 4.78 is 25.0. The lowest BCUT2D eigenvalue weighted by molar-refractivity contribution is -0.0136. The van der Waals surface area contributed by atoms with E-state index in [4.69, 9.17) is 9.47 Å². The Bertz CT molecular complexity index is 669. The number of hydrogen-bond acceptors (Lipinski definition) is 5. The van der Waals surface area contributed by atoms with Crippen molar-refractivity contribution in [3.05, 3.63) is 40.6 Å². The fraction of sp³-hybridized carbons (Fsp3) is 0.500. The molecular formula is C16H21FN4O2. The first-order valence-electron chi connectivity index (χ1n) is 7.62. The van der Waals surface area contributed by atoms with E-state index < -0.39 is 5.82 Å². The van der Waals surface area contributed by atoms with Crippen molar-refractivity contribution in [3.8, 4) is 5.88 Å². The number of aryl methyl sites for hydroxylation is 2. The van der Waals surface area contributed by atoms with E-state index in [1.165, 1.54) is 7.11 Å². The van der Waals surface area contributed by atoms with Gasteiger partial charge in [0.2, 0.25) is 5.88 Å². The maximum absolute atomic E-state index is 14.4. The molecule has 1 N–H and O–H groups in total. The molecular weight excluding hydrogens is 299 g/mol. The summed E-state index contributed by atoms with van der Waals surface area (Å²) in [6.07, 6.45) is 1.57. The molecule has 23 heavy (non-hydrogen) atoms. The number of halogens is 1. The number of aromatic nitrogens is 3. The van der Waals surface area contributed by atoms with Crippen molar-refractivity contribution in [1.29, 1.82) is 0 Å². The highest BCUT2D eigenvalue weighted by atomic mass is 19.1. The molecule has 7 heteroatoms. The minimum absolute atomic E-state index is 0.0305. The second-order valence-corrected chi connectivity index (χ2v) is 5.70. The highest BCUT2D eigenvalue weighted by Crippen LogP contribution is 2.30. The van der Waals surface area contributed by atoms with Gasteiger partial charge in [-0.05, 0) is 19.9 Å². The normalized spacial score (nSPS) is 19.0. The number of hydrogen-bond donors (Lipinski definition) is 1. The van der Waals surface area contributed by atoms with E-state index in [1.807, 2.05) is 13.8 Å². The third-order valence-electron chi connectivity index (χ3n) is 4.26. The number of ether oxygens (including phenoxy) is 2. The summed E-state index contributed by atoms with van der Waals surface area (Å²) in [5.74, 6) is -0.371. The minimum Gasteiger partial charge on any atom is -0.479 e. The highest BCUT2D eigenvalue weighted by molar-refractivity contribution is 5.29. The number of rotatable bonds is 4. The molecule has 0 aliphatic carbocycles. The van der Waals surface area contributed by atoms with Gasteiger partial charge in [0.05, 0.1) is 32.1 Å². The number of nitrogens with zero attached hydrogens (tertiary/aromatic N) is 3. The molecule has 1 fully saturated rings. The lowest BCUT2D eigenvalue weighted by atomic mass is 10.0. The van der Waals surface area contributed by atoms with Crippen molar-refractivity contribution in [2.75, 3.05) is 26.9 Å². The molecule has 0 radical (unpaired) electrons. The van der Waals surface area contributed by atoms with Gasteiger partial charge in [0.1, 0.15) is 0 Å². The SMILES string of the molecule is COc1nccc(CN2CCOCC2c2c(C)n[nH]c2C)c1F. The zero-order chi connectivity index (χ0) is 16.4. The molecule has 3 rings (SSSR count). The summed E-state index contributed by atoms with van der Waals surface area (Å²) in [5, 5.41) is 7.28. The predicted octanol–water partition coefficient (Wildman–Crippen LogP) is 2.14. The van der Waals surface area contributed by atoms with Crippen LogP contribution < -0.4 is 4.74 Å². The van der Waals surface area contributed by atoms with Gasteiger partial charge in [0.15, 0.2) is 5.82 Å². The Morgan fingerprint density at radius 3 is 3.00 bits per heavy atom. The number of nitrogens with one attached hydrogen (secondary N) is 1. The van der Waals surface area contributed by atoms with Crippen molar-refractivity contribution < 1.29 is 13.9 Å². The van der Waals surface area contributed by atoms with Crippen LogP contribution in [0.5, 0.6) is 5.88 Å². The van der Waals surface area contributed by atoms with Crippen LogP contribution in [0, 0.1) is 19.7 Å². The van der Waals surface area contributed by atoms with Gasteiger partial charge in [0, 0.05) is 36.1 Å². The summed E-state index contributed by atoms with van der Waals surface area (Å²) in [6, 6.07) is 1.75. The smallest absolute Gasteiger partial charge is 0.250 e. The molecule has 0 saturated carbocycles. The number of methoxy groups -OCH3 is 1. The van der Waals surface area contributed by atoms with Gasteiger partial charge in [0.25, 0.3) is 0 Å². The summed E-state index contributed by atoms with van der Waals surface area (Å²) in [5.41, 5.74) is 3.68. The molecule has 1 aliphatic heterocycles. The third kappa shape index (κ3) is 3.07. The third-order valence-corrected chi connectivity index (χ3v) is 4.26. The fourth-order valence-corrected chi connectivity index (χ4v) is 3.09. The van der Waals surface area contributed by atoms with Gasteiger partial charge >= 0.3 is 0 Å². The van der Waals surface area contributed by atoms with Crippen molar-refractivity contribution in [2.45, 2.75) is 26.4 Å². The predicted molar refractivity (Wildman–Crippen MR) is 82.8 cm³/mol. The van der Waals surface area contributed by atoms with E-state index in [-0.39, 0.29) is 11.9 Å². The summed E-state index contributed by atoms with van der Waals surface area (Å²) >= 11 is 0. The Labute approximate surface area is 134 Å². The number of pyridine rings is 1. The second kappa shape index (κ2) is 6.64. The van der Waals surface area contributed by atoms with Crippen LogP contribution in [0.4, 0.5) is 4.39 Å². The maximum atomic E-state index is 14.4. The maximum Gasteiger partial charge on any atom is 0.250 e. The standard InChI is InChI=1S/C16H21FN4O2/c1-10-14(11(2)20-19-10)13-9-23-7-6-21(13)8-12-4-5-18-16(22-3)15(12)17/h4-5,13H,6-9H2,1-3H3,(H,19,20). The molecule has 1 aliphatic rings. The average Bonchev–Trinajstić information content (AvgIpc) is 2.89. The van der Waals surface area contributed by atoms with Crippen molar-refractivity contribution in [3.63, 3.8) is 0 Å². The highest BCUT2D eigenvalue weighted by Gasteiger charge is 2.29. The first-order chi connectivity index (χ1) is 11.1. The van der Waals surface area contributed by atoms with Crippen LogP contribution in [0.1, 0.15) is 28.6 Å². The molecule has 1 atom stereocenters. The molecule has 2 aromatic heterocycles. The molecule has 0 bridgehead atoms. The van der Waals surface area contributed by atoms with Crippen LogP contribution in [-0.4, -0.2) is 46.9 Å². The summed E-state index contributed by atoms with van der Waals surface area (Å²) in [7, 11) is 1.42. The topological polar surface area (TPSA) is 63.3 Å². The van der Waals surface area contributed by atoms with Gasteiger partial charge in [-0.3, -0.25) is 10.00 Å². The largest absolute Gasteiger partial charge is 0.479 e. The Balaban J connectivity index is 1.88. The van der Waals surface area contributed by atoms with Gasteiger partial charge < -0.3 is 9.47 Å². The zero-order valence-electron chi connectivity index (χ0n) is 13.6. The van der Waals surface area contributed by atoms with Crippen molar-refractivity contribution >= 4 is 0 Å². The van der Waals surface area contributed by atoms with Crippen LogP contribution in [0.3, 0.4) is 0 Å². The Morgan fingerprint density at radius 2 is 2.30 bits per heavy atom. The van der Waals surface area contributed by atoms with Crippen LogP contribution in [-0.2, 0) is 11.3 Å². The average molecular weight is 320 g/mol. The Morgan fingerprint density at radius 1 is 1.48 bits per heavy atom. The van der Waals surface area contributed by atoms with Crippen LogP contribution in [0.25, 0.3) is 0 Å². The quantitative estimate of drug-likeness (QED) is 0.935. The first kappa shape index (κ1) is 15.9. The zero-order valence-corrected chi connectivity index (χ0v) is 13.6. The van der Waals surface area contributed by atoms with Crippen LogP contribution in [0.2, 0.25) is 0 Å². The Hall–Kier alpha value is -1.99. The fourth-order valence-electron chi connectivity index (χ4n) is 3.09. The molecule has 2 aromatic rings. The van der Waals surface area contributed by atoms with Crippen molar-refractivity contribution in [1.82, 2.24) is 20.1 Å².